The molecule has 1 atom stereocenters. The molecule has 1 aliphatic rings. The molecular weight excluding hydrogens is 290 g/mol. The van der Waals surface area contributed by atoms with Crippen molar-refractivity contribution in [3.63, 3.8) is 0 Å². The van der Waals surface area contributed by atoms with Crippen LogP contribution in [0.15, 0.2) is 30.5 Å². The van der Waals surface area contributed by atoms with Crippen LogP contribution in [0.1, 0.15) is 36.9 Å². The van der Waals surface area contributed by atoms with Crippen molar-refractivity contribution in [3.8, 4) is 5.75 Å². The van der Waals surface area contributed by atoms with Crippen LogP contribution in [-0.4, -0.2) is 22.3 Å². The first-order valence-corrected chi connectivity index (χ1v) is 8.08. The zero-order chi connectivity index (χ0) is 16.4. The Kier molecular flexibility index (Phi) is 4.37. The third-order valence-electron chi connectivity index (χ3n) is 4.48. The zero-order valence-electron chi connectivity index (χ0n) is 13.9. The fourth-order valence-electron chi connectivity index (χ4n) is 2.65. The number of carbonyl (C=O) groups excluding carboxylic acids is 1. The van der Waals surface area contributed by atoms with Gasteiger partial charge in [0, 0.05) is 6.07 Å². The van der Waals surface area contributed by atoms with Crippen molar-refractivity contribution in [1.82, 2.24) is 9.78 Å². The van der Waals surface area contributed by atoms with Gasteiger partial charge in [-0.1, -0.05) is 6.07 Å². The van der Waals surface area contributed by atoms with E-state index in [0.717, 1.165) is 11.4 Å². The number of nitrogens with one attached hydrogen (secondary N) is 1. The number of aryl methyl sites for hydroxylation is 2. The number of benzene rings is 1. The largest absolute Gasteiger partial charge is 0.484 e. The standard InChI is InChI=1S/C18H23N3O2/c1-12-4-7-16(10-13(12)2)23-11-18(22)20-17-8-9-19-21(17)14(3)15-5-6-15/h4,7-10,14-15H,5-6,11H2,1-3H3,(H,20,22). The van der Waals surface area contributed by atoms with Crippen LogP contribution in [0, 0.1) is 19.8 Å². The molecule has 1 fully saturated rings. The first kappa shape index (κ1) is 15.6. The van der Waals surface area contributed by atoms with Crippen LogP contribution in [0.3, 0.4) is 0 Å². The third-order valence-corrected chi connectivity index (χ3v) is 4.48. The van der Waals surface area contributed by atoms with Crippen molar-refractivity contribution < 1.29 is 9.53 Å². The average Bonchev–Trinajstić information content (AvgIpc) is 3.28. The van der Waals surface area contributed by atoms with Gasteiger partial charge in [0.05, 0.1) is 12.2 Å². The molecule has 23 heavy (non-hydrogen) atoms. The van der Waals surface area contributed by atoms with Gasteiger partial charge in [-0.3, -0.25) is 4.79 Å². The number of ether oxygens (including phenoxy) is 1. The molecule has 5 heteroatoms. The summed E-state index contributed by atoms with van der Waals surface area (Å²) in [5, 5.41) is 7.22. The van der Waals surface area contributed by atoms with Gasteiger partial charge in [0.25, 0.3) is 5.91 Å². The second-order valence-corrected chi connectivity index (χ2v) is 6.32. The SMILES string of the molecule is Cc1ccc(OCC(=O)Nc2ccnn2C(C)C2CC2)cc1C. The summed E-state index contributed by atoms with van der Waals surface area (Å²) in [5.41, 5.74) is 2.36. The fraction of sp³-hybridized carbons (Fsp3) is 0.444. The predicted molar refractivity (Wildman–Crippen MR) is 89.7 cm³/mol. The van der Waals surface area contributed by atoms with Gasteiger partial charge in [-0.25, -0.2) is 4.68 Å². The van der Waals surface area contributed by atoms with E-state index in [2.05, 4.69) is 17.3 Å². The molecule has 5 nitrogen and oxygen atoms in total. The number of carbonyl (C=O) groups is 1. The van der Waals surface area contributed by atoms with Gasteiger partial charge < -0.3 is 10.1 Å². The number of amides is 1. The highest BCUT2D eigenvalue weighted by Crippen LogP contribution is 2.40. The zero-order valence-corrected chi connectivity index (χ0v) is 13.9. The number of nitrogens with zero attached hydrogens (tertiary/aromatic N) is 2. The highest BCUT2D eigenvalue weighted by atomic mass is 16.5. The third kappa shape index (κ3) is 3.73. The molecular formula is C18H23N3O2. The number of hydrogen-bond acceptors (Lipinski definition) is 3. The summed E-state index contributed by atoms with van der Waals surface area (Å²) in [6.07, 6.45) is 4.20. The molecule has 1 saturated carbocycles. The summed E-state index contributed by atoms with van der Waals surface area (Å²) in [5.74, 6) is 1.95. The van der Waals surface area contributed by atoms with Gasteiger partial charge >= 0.3 is 0 Å². The van der Waals surface area contributed by atoms with Crippen LogP contribution >= 0.6 is 0 Å². The van der Waals surface area contributed by atoms with E-state index in [0.29, 0.717) is 17.7 Å². The molecule has 1 aromatic carbocycles. The molecule has 1 N–H and O–H groups in total. The number of aromatic nitrogens is 2. The Hall–Kier alpha value is -2.30. The summed E-state index contributed by atoms with van der Waals surface area (Å²) in [4.78, 5) is 12.1. The van der Waals surface area contributed by atoms with Gasteiger partial charge in [-0.15, -0.1) is 0 Å². The molecule has 0 bridgehead atoms. The molecule has 3 rings (SSSR count). The van der Waals surface area contributed by atoms with Crippen LogP contribution < -0.4 is 10.1 Å². The quantitative estimate of drug-likeness (QED) is 0.888. The van der Waals surface area contributed by atoms with Crippen molar-refractivity contribution >= 4 is 11.7 Å². The van der Waals surface area contributed by atoms with Gasteiger partial charge in [-0.05, 0) is 62.8 Å². The normalized spacial score (nSPS) is 15.3. The van der Waals surface area contributed by atoms with Crippen molar-refractivity contribution in [2.75, 3.05) is 11.9 Å². The lowest BCUT2D eigenvalue weighted by Crippen LogP contribution is -2.23. The van der Waals surface area contributed by atoms with Crippen molar-refractivity contribution in [2.45, 2.75) is 39.7 Å². The molecule has 1 aromatic heterocycles. The van der Waals surface area contributed by atoms with E-state index in [1.807, 2.05) is 42.8 Å². The summed E-state index contributed by atoms with van der Waals surface area (Å²) < 4.78 is 7.47. The Bertz CT molecular complexity index is 704. The molecule has 0 radical (unpaired) electrons. The van der Waals surface area contributed by atoms with Gasteiger partial charge in [0.1, 0.15) is 11.6 Å². The topological polar surface area (TPSA) is 56.1 Å². The predicted octanol–water partition coefficient (Wildman–Crippen LogP) is 3.49. The van der Waals surface area contributed by atoms with E-state index >= 15 is 0 Å². The lowest BCUT2D eigenvalue weighted by Gasteiger charge is -2.15. The van der Waals surface area contributed by atoms with Crippen molar-refractivity contribution in [1.29, 1.82) is 0 Å². The number of hydrogen-bond donors (Lipinski definition) is 1. The Balaban J connectivity index is 1.57. The van der Waals surface area contributed by atoms with Crippen molar-refractivity contribution in [2.24, 2.45) is 5.92 Å². The van der Waals surface area contributed by atoms with E-state index in [1.165, 1.54) is 18.4 Å². The van der Waals surface area contributed by atoms with E-state index in [9.17, 15) is 4.79 Å². The van der Waals surface area contributed by atoms with E-state index in [1.54, 1.807) is 6.20 Å². The maximum absolute atomic E-state index is 12.1. The van der Waals surface area contributed by atoms with Gasteiger partial charge in [-0.2, -0.15) is 5.10 Å². The maximum Gasteiger partial charge on any atom is 0.263 e. The second-order valence-electron chi connectivity index (χ2n) is 6.32. The highest BCUT2D eigenvalue weighted by molar-refractivity contribution is 5.91. The Morgan fingerprint density at radius 2 is 2.13 bits per heavy atom. The maximum atomic E-state index is 12.1. The Labute approximate surface area is 136 Å². The van der Waals surface area contributed by atoms with Gasteiger partial charge in [0.2, 0.25) is 0 Å². The van der Waals surface area contributed by atoms with Crippen LogP contribution in [0.5, 0.6) is 5.75 Å². The summed E-state index contributed by atoms with van der Waals surface area (Å²) in [6, 6.07) is 7.97. The van der Waals surface area contributed by atoms with Crippen molar-refractivity contribution in [3.05, 3.63) is 41.6 Å². The highest BCUT2D eigenvalue weighted by Gasteiger charge is 2.30. The first-order chi connectivity index (χ1) is 11.0. The summed E-state index contributed by atoms with van der Waals surface area (Å²) >= 11 is 0. The molecule has 1 aliphatic carbocycles. The molecule has 0 saturated heterocycles. The average molecular weight is 313 g/mol. The number of anilines is 1. The lowest BCUT2D eigenvalue weighted by atomic mass is 10.1. The van der Waals surface area contributed by atoms with Crippen LogP contribution in [-0.2, 0) is 4.79 Å². The Morgan fingerprint density at radius 3 is 2.83 bits per heavy atom. The monoisotopic (exact) mass is 313 g/mol. The molecule has 2 aromatic rings. The smallest absolute Gasteiger partial charge is 0.263 e. The lowest BCUT2D eigenvalue weighted by molar-refractivity contribution is -0.118. The fourth-order valence-corrected chi connectivity index (χ4v) is 2.65. The van der Waals surface area contributed by atoms with E-state index in [4.69, 9.17) is 4.74 Å². The summed E-state index contributed by atoms with van der Waals surface area (Å²) in [6.45, 7) is 6.21. The minimum Gasteiger partial charge on any atom is -0.484 e. The van der Waals surface area contributed by atoms with Crippen LogP contribution in [0.4, 0.5) is 5.82 Å². The second kappa shape index (κ2) is 6.44. The Morgan fingerprint density at radius 1 is 1.35 bits per heavy atom. The minimum atomic E-state index is -0.173. The molecule has 122 valence electrons. The molecule has 0 spiro atoms. The molecule has 1 unspecified atom stereocenters. The first-order valence-electron chi connectivity index (χ1n) is 8.08. The van der Waals surface area contributed by atoms with E-state index in [-0.39, 0.29) is 12.5 Å². The van der Waals surface area contributed by atoms with Crippen LogP contribution in [0.25, 0.3) is 0 Å². The minimum absolute atomic E-state index is 0.00844. The molecule has 1 heterocycles. The molecule has 1 amide bonds. The van der Waals surface area contributed by atoms with Crippen LogP contribution in [0.2, 0.25) is 0 Å². The van der Waals surface area contributed by atoms with Gasteiger partial charge in [0.15, 0.2) is 6.61 Å². The summed E-state index contributed by atoms with van der Waals surface area (Å²) in [7, 11) is 0. The molecule has 0 aliphatic heterocycles. The number of rotatable bonds is 6. The van der Waals surface area contributed by atoms with E-state index < -0.39 is 0 Å².